The predicted molar refractivity (Wildman–Crippen MR) is 423 cm³/mol. The number of nitrogens with zero attached hydrogens (tertiary/aromatic N) is 1. The maximum atomic E-state index is 15.2. The van der Waals surface area contributed by atoms with Crippen LogP contribution in [0.4, 0.5) is 0 Å². The van der Waals surface area contributed by atoms with Gasteiger partial charge >= 0.3 is 5.97 Å². The van der Waals surface area contributed by atoms with Crippen LogP contribution in [0.25, 0.3) is 0 Å². The lowest BCUT2D eigenvalue weighted by Crippen LogP contribution is -2.64. The summed E-state index contributed by atoms with van der Waals surface area (Å²) in [7, 11) is 0. The first-order valence-electron chi connectivity index (χ1n) is 40.5. The number of carbonyl (C=O) groups is 14. The van der Waals surface area contributed by atoms with Crippen LogP contribution in [0.5, 0.6) is 0 Å². The largest absolute Gasteiger partial charge is 0.458 e. The van der Waals surface area contributed by atoms with Crippen LogP contribution >= 0.6 is 0 Å². The molecule has 13 amide bonds. The second-order valence-corrected chi connectivity index (χ2v) is 32.2. The van der Waals surface area contributed by atoms with Crippen LogP contribution in [0.2, 0.25) is 0 Å². The molecule has 0 radical (unpaired) electrons. The van der Waals surface area contributed by atoms with E-state index in [0.29, 0.717) is 50.3 Å². The first kappa shape index (κ1) is 96.7. The van der Waals surface area contributed by atoms with Crippen molar-refractivity contribution in [1.82, 2.24) is 74.0 Å². The number of amides is 13. The van der Waals surface area contributed by atoms with E-state index in [0.717, 1.165) is 32.1 Å². The van der Waals surface area contributed by atoms with Gasteiger partial charge < -0.3 is 83.9 Å². The van der Waals surface area contributed by atoms with Gasteiger partial charge in [-0.05, 0) is 125 Å². The minimum absolute atomic E-state index is 0.0328. The fourth-order valence-electron chi connectivity index (χ4n) is 13.0. The van der Waals surface area contributed by atoms with Gasteiger partial charge in [0.1, 0.15) is 84.3 Å². The molecular weight excluding hydrogens is 1420 g/mol. The summed E-state index contributed by atoms with van der Waals surface area (Å²) in [4.78, 5) is 204. The molecule has 30 nitrogen and oxygen atoms in total. The molecule has 2 heterocycles. The Kier molecular flexibility index (Phi) is 42.1. The van der Waals surface area contributed by atoms with Crippen molar-refractivity contribution in [3.8, 4) is 0 Å². The van der Waals surface area contributed by atoms with E-state index in [2.05, 4.69) is 76.0 Å². The average Bonchev–Trinajstić information content (AvgIpc) is 1.73. The molecule has 2 aliphatic heterocycles. The molecule has 0 bridgehead atoms. The van der Waals surface area contributed by atoms with Crippen LogP contribution in [0.1, 0.15) is 228 Å². The highest BCUT2D eigenvalue weighted by atomic mass is 16.5. The zero-order valence-corrected chi connectivity index (χ0v) is 69.7. The third-order valence-electron chi connectivity index (χ3n) is 20.6. The number of ether oxygens (including phenoxy) is 1. The number of likely N-dealkylation sites (tertiary alicyclic amines) is 1. The summed E-state index contributed by atoms with van der Waals surface area (Å²) in [6, 6.07) is -7.55. The van der Waals surface area contributed by atoms with E-state index in [1.807, 2.05) is 13.8 Å². The van der Waals surface area contributed by atoms with E-state index in [4.69, 9.17) is 4.74 Å². The monoisotopic (exact) mass is 1560 g/mol. The lowest BCUT2D eigenvalue weighted by Gasteiger charge is -2.34. The fourth-order valence-corrected chi connectivity index (χ4v) is 13.0. The number of aliphatic hydroxyl groups is 1. The van der Waals surface area contributed by atoms with Crippen molar-refractivity contribution in [2.45, 2.75) is 313 Å². The smallest absolute Gasteiger partial charge is 0.329 e. The summed E-state index contributed by atoms with van der Waals surface area (Å²) in [5.41, 5.74) is 0.380. The van der Waals surface area contributed by atoms with Gasteiger partial charge in [-0.2, -0.15) is 0 Å². The van der Waals surface area contributed by atoms with Crippen molar-refractivity contribution < 1.29 is 77.0 Å². The van der Waals surface area contributed by atoms with Gasteiger partial charge in [-0.15, -0.1) is 0 Å². The molecule has 0 unspecified atom stereocenters. The number of allylic oxidation sites excluding steroid dienone is 1. The quantitative estimate of drug-likeness (QED) is 0.0251. The SMILES string of the molecule is C/C=C1\NC(=O)[C@H](Cc2ccccc2)NC(=O)[C@@H](C(C)C)NC(=O)[C@@H]([C@@H](C)CC)NC(=O)[C@H](NC(=O)[C@H](NC(=O)[C@H](CCCNCCCCCC)NC(=O)[C@H]2CCCN2C(=O)[C@H](NC(=O)[C@@H](NC(=O)[C@@H](NC(=O)[C@H](NC(=O)CCCC(C)C)C(C)C)[C@@H](C)O)C(C)C)C(C)C)[C@@H](C)CC)[C@@H](C)OC(=O)[C@H](C(C)C)NC1=O. The van der Waals surface area contributed by atoms with Gasteiger partial charge in [0.15, 0.2) is 0 Å². The molecule has 1 aromatic rings. The molecule has 2 saturated heterocycles. The van der Waals surface area contributed by atoms with E-state index in [1.165, 1.54) is 31.7 Å². The highest BCUT2D eigenvalue weighted by Gasteiger charge is 2.45. The molecule has 2 aliphatic rings. The van der Waals surface area contributed by atoms with Gasteiger partial charge in [0.25, 0.3) is 5.91 Å². The van der Waals surface area contributed by atoms with Crippen molar-refractivity contribution in [3.05, 3.63) is 47.7 Å². The van der Waals surface area contributed by atoms with E-state index < -0.39 is 203 Å². The Hall–Kier alpha value is -8.54. The van der Waals surface area contributed by atoms with Crippen LogP contribution in [-0.4, -0.2) is 197 Å². The number of hydrogen-bond donors (Lipinski definition) is 14. The number of aliphatic hydroxyl groups excluding tert-OH is 1. The lowest BCUT2D eigenvalue weighted by atomic mass is 9.95. The number of rotatable bonds is 39. The van der Waals surface area contributed by atoms with Gasteiger partial charge in [0.05, 0.1) is 6.10 Å². The van der Waals surface area contributed by atoms with Crippen LogP contribution in [0.15, 0.2) is 42.1 Å². The Labute approximate surface area is 658 Å². The Balaban J connectivity index is 2.07. The molecule has 3 rings (SSSR count). The van der Waals surface area contributed by atoms with E-state index in [9.17, 15) is 57.8 Å². The average molecular weight is 1560 g/mol. The first-order chi connectivity index (χ1) is 52.2. The topological polar surface area (TPSA) is 428 Å². The number of esters is 1. The number of nitrogens with one attached hydrogen (secondary N) is 13. The maximum Gasteiger partial charge on any atom is 0.329 e. The molecule has 0 aliphatic carbocycles. The molecule has 2 fully saturated rings. The third kappa shape index (κ3) is 31.2. The molecule has 16 atom stereocenters. The van der Waals surface area contributed by atoms with Crippen molar-refractivity contribution in [2.24, 2.45) is 47.3 Å². The van der Waals surface area contributed by atoms with E-state index in [-0.39, 0.29) is 50.3 Å². The minimum Gasteiger partial charge on any atom is -0.458 e. The van der Waals surface area contributed by atoms with Gasteiger partial charge in [-0.25, -0.2) is 4.79 Å². The van der Waals surface area contributed by atoms with Crippen LogP contribution < -0.4 is 69.1 Å². The second kappa shape index (κ2) is 48.4. The summed E-state index contributed by atoms with van der Waals surface area (Å²) in [5, 5.41) is 47.1. The number of carbonyl (C=O) groups excluding carboxylic acids is 14. The second-order valence-electron chi connectivity index (χ2n) is 32.2. The highest BCUT2D eigenvalue weighted by molar-refractivity contribution is 6.03. The lowest BCUT2D eigenvalue weighted by molar-refractivity contribution is -0.157. The first-order valence-corrected chi connectivity index (χ1v) is 40.5. The van der Waals surface area contributed by atoms with E-state index in [1.54, 1.807) is 127 Å². The zero-order valence-electron chi connectivity index (χ0n) is 69.7. The van der Waals surface area contributed by atoms with Gasteiger partial charge in [-0.1, -0.05) is 193 Å². The molecule has 111 heavy (non-hydrogen) atoms. The van der Waals surface area contributed by atoms with Crippen LogP contribution in [0.3, 0.4) is 0 Å². The minimum atomic E-state index is -1.82. The summed E-state index contributed by atoms with van der Waals surface area (Å²) in [6.07, 6.45) is 5.35. The fraction of sp³-hybridized carbons (Fsp3) is 0.728. The highest BCUT2D eigenvalue weighted by Crippen LogP contribution is 2.23. The molecule has 14 N–H and O–H groups in total. The van der Waals surface area contributed by atoms with Gasteiger partial charge in [0, 0.05) is 19.4 Å². The Bertz CT molecular complexity index is 3270. The summed E-state index contributed by atoms with van der Waals surface area (Å²) < 4.78 is 6.01. The molecule has 1 aromatic carbocycles. The van der Waals surface area contributed by atoms with Crippen molar-refractivity contribution in [1.29, 1.82) is 0 Å². The third-order valence-corrected chi connectivity index (χ3v) is 20.6. The molecule has 30 heteroatoms. The zero-order chi connectivity index (χ0) is 83.7. The van der Waals surface area contributed by atoms with Crippen LogP contribution in [-0.2, 0) is 78.3 Å². The molecular formula is C81H136N14O16. The van der Waals surface area contributed by atoms with Gasteiger partial charge in [-0.3, -0.25) is 62.3 Å². The van der Waals surface area contributed by atoms with Gasteiger partial charge in [0.2, 0.25) is 70.9 Å². The summed E-state index contributed by atoms with van der Waals surface area (Å²) in [6.45, 7) is 35.2. The van der Waals surface area contributed by atoms with E-state index >= 15 is 14.4 Å². The standard InChI is InChI=1S/C81H136N14O16/c1-21-25-26-30-40-82-41-32-37-56(84-72(101)58-38-33-42-95(58)80(109)63(48(13)14)89-75(104)62(47(11)12)88-78(107)67(52(19)96)93-74(103)60(45(7)8)86-59(97)39-31-34-44(5)6)70(99)91-65(50(17)22-2)77(106)94-68-53(20)111-81(110)64(49(15)16)90-69(98)55(24-4)83-71(100)57(43-54-35-28-27-29-36-54)85-73(102)61(46(9)10)87-76(105)66(51(18)23-3)92-79(68)108/h24,27-29,35-36,44-53,56-58,60-68,82,96H,21-23,25-26,30-34,37-43H2,1-20H3,(H,83,100)(H,84,101)(H,85,102)(H,86,97)(H,87,105)(H,88,107)(H,89,104)(H,90,98)(H,91,99)(H,92,108)(H,93,103)(H,94,106)/b55-24-/t50-,51-,52+,53+,56-,57-,58+,60+,61+,62-,63+,64-,65+,66+,67-,68+/m0/s1. The Morgan fingerprint density at radius 2 is 1.14 bits per heavy atom. The summed E-state index contributed by atoms with van der Waals surface area (Å²) in [5.74, 6) is -14.9. The number of unbranched alkanes of at least 4 members (excludes halogenated alkanes) is 3. The molecule has 626 valence electrons. The normalized spacial score (nSPS) is 22.0. The maximum absolute atomic E-state index is 15.2. The summed E-state index contributed by atoms with van der Waals surface area (Å²) >= 11 is 0. The van der Waals surface area contributed by atoms with Crippen molar-refractivity contribution in [2.75, 3.05) is 19.6 Å². The number of cyclic esters (lactones) is 1. The van der Waals surface area contributed by atoms with Crippen molar-refractivity contribution >= 4 is 82.8 Å². The van der Waals surface area contributed by atoms with Crippen molar-refractivity contribution in [3.63, 3.8) is 0 Å². The number of benzene rings is 1. The van der Waals surface area contributed by atoms with Crippen LogP contribution in [0, 0.1) is 47.3 Å². The number of hydrogen-bond acceptors (Lipinski definition) is 17. The molecule has 0 aromatic heterocycles. The molecule has 0 spiro atoms. The Morgan fingerprint density at radius 1 is 0.577 bits per heavy atom. The Morgan fingerprint density at radius 3 is 1.69 bits per heavy atom. The molecule has 0 saturated carbocycles. The predicted octanol–water partition coefficient (Wildman–Crippen LogP) is 4.05.